The van der Waals surface area contributed by atoms with Gasteiger partial charge in [-0.3, -0.25) is 0 Å². The van der Waals surface area contributed by atoms with Crippen molar-refractivity contribution in [1.29, 1.82) is 0 Å². The molecule has 1 aromatic heterocycles. The molecule has 34 heavy (non-hydrogen) atoms. The molecule has 3 aromatic rings. The van der Waals surface area contributed by atoms with E-state index in [-0.39, 0.29) is 12.3 Å². The van der Waals surface area contributed by atoms with E-state index in [4.69, 9.17) is 9.57 Å². The lowest BCUT2D eigenvalue weighted by atomic mass is 10.1. The molecular formula is C24H29N7O3. The lowest BCUT2D eigenvalue weighted by Gasteiger charge is -2.13. The van der Waals surface area contributed by atoms with Crippen LogP contribution in [-0.2, 0) is 29.8 Å². The van der Waals surface area contributed by atoms with Crippen LogP contribution in [0.5, 0.6) is 0 Å². The number of hydrogen-bond acceptors (Lipinski definition) is 8. The van der Waals surface area contributed by atoms with Gasteiger partial charge in [0.1, 0.15) is 13.2 Å². The Bertz CT molecular complexity index is 1260. The Hall–Kier alpha value is -4.08. The zero-order chi connectivity index (χ0) is 24.5. The van der Waals surface area contributed by atoms with Crippen molar-refractivity contribution in [2.75, 3.05) is 0 Å². The van der Waals surface area contributed by atoms with E-state index in [0.29, 0.717) is 36.0 Å². The molecule has 10 heteroatoms. The van der Waals surface area contributed by atoms with Crippen LogP contribution in [0.4, 0.5) is 0 Å². The Morgan fingerprint density at radius 1 is 0.971 bits per heavy atom. The van der Waals surface area contributed by atoms with Crippen LogP contribution >= 0.6 is 0 Å². The molecule has 0 fully saturated rings. The van der Waals surface area contributed by atoms with Crippen molar-refractivity contribution >= 4 is 17.3 Å². The molecule has 0 spiro atoms. The molecule has 0 atom stereocenters. The molecule has 1 heterocycles. The van der Waals surface area contributed by atoms with E-state index in [9.17, 15) is 4.79 Å². The van der Waals surface area contributed by atoms with Crippen LogP contribution in [0, 0.1) is 6.92 Å². The van der Waals surface area contributed by atoms with Gasteiger partial charge in [-0.2, -0.15) is 14.5 Å². The molecule has 0 aliphatic carbocycles. The van der Waals surface area contributed by atoms with Crippen molar-refractivity contribution in [2.45, 2.75) is 47.3 Å². The first-order valence-electron chi connectivity index (χ1n) is 10.9. The predicted molar refractivity (Wildman–Crippen MR) is 131 cm³/mol. The SMILES string of the molecule is CCC(=NN=C(C)/C(C)=N\OCc1ccccc1)OCc1c(C)cccc1-n1nnn(C)c1=O. The summed E-state index contributed by atoms with van der Waals surface area (Å²) in [5.41, 5.74) is 4.34. The summed E-state index contributed by atoms with van der Waals surface area (Å²) in [5, 5.41) is 20.3. The third kappa shape index (κ3) is 6.25. The molecule has 3 rings (SSSR count). The van der Waals surface area contributed by atoms with Gasteiger partial charge in [0, 0.05) is 19.0 Å². The molecule has 0 saturated heterocycles. The summed E-state index contributed by atoms with van der Waals surface area (Å²) in [6, 6.07) is 15.4. The van der Waals surface area contributed by atoms with E-state index in [0.717, 1.165) is 16.7 Å². The molecule has 0 aliphatic rings. The first-order valence-corrected chi connectivity index (χ1v) is 10.9. The molecule has 2 aromatic carbocycles. The van der Waals surface area contributed by atoms with Crippen LogP contribution in [0.1, 0.15) is 43.9 Å². The van der Waals surface area contributed by atoms with Gasteiger partial charge in [0.2, 0.25) is 5.90 Å². The number of rotatable bonds is 9. The second-order valence-corrected chi connectivity index (χ2v) is 7.63. The predicted octanol–water partition coefficient (Wildman–Crippen LogP) is 3.57. The second-order valence-electron chi connectivity index (χ2n) is 7.63. The Balaban J connectivity index is 1.69. The van der Waals surface area contributed by atoms with E-state index in [1.807, 2.05) is 69.3 Å². The summed E-state index contributed by atoms with van der Waals surface area (Å²) in [4.78, 5) is 17.7. The Kier molecular flexibility index (Phi) is 8.44. The highest BCUT2D eigenvalue weighted by Gasteiger charge is 2.14. The Labute approximate surface area is 198 Å². The van der Waals surface area contributed by atoms with Gasteiger partial charge in [0.15, 0.2) is 0 Å². The van der Waals surface area contributed by atoms with Crippen molar-refractivity contribution < 1.29 is 9.57 Å². The molecule has 0 aliphatic heterocycles. The van der Waals surface area contributed by atoms with E-state index in [2.05, 4.69) is 25.8 Å². The normalized spacial score (nSPS) is 12.7. The van der Waals surface area contributed by atoms with Gasteiger partial charge < -0.3 is 9.57 Å². The van der Waals surface area contributed by atoms with Crippen LogP contribution < -0.4 is 5.69 Å². The average molecular weight is 464 g/mol. The number of aryl methyl sites for hydroxylation is 2. The number of oxime groups is 1. The van der Waals surface area contributed by atoms with Gasteiger partial charge in [-0.15, -0.1) is 5.10 Å². The van der Waals surface area contributed by atoms with Crippen molar-refractivity contribution in [1.82, 2.24) is 19.8 Å². The molecule has 0 bridgehead atoms. The minimum Gasteiger partial charge on any atom is -0.475 e. The maximum Gasteiger partial charge on any atom is 0.368 e. The second kappa shape index (κ2) is 11.7. The Morgan fingerprint density at radius 2 is 1.74 bits per heavy atom. The number of aromatic nitrogens is 4. The number of hydrogen-bond donors (Lipinski definition) is 0. The smallest absolute Gasteiger partial charge is 0.368 e. The van der Waals surface area contributed by atoms with Gasteiger partial charge >= 0.3 is 5.69 Å². The Morgan fingerprint density at radius 3 is 2.41 bits per heavy atom. The van der Waals surface area contributed by atoms with Crippen molar-refractivity contribution in [3.05, 3.63) is 75.7 Å². The number of tetrazole rings is 1. The largest absolute Gasteiger partial charge is 0.475 e. The van der Waals surface area contributed by atoms with Crippen molar-refractivity contribution in [2.24, 2.45) is 22.4 Å². The third-order valence-electron chi connectivity index (χ3n) is 5.13. The van der Waals surface area contributed by atoms with Gasteiger partial charge in [0.05, 0.1) is 17.1 Å². The number of nitrogens with zero attached hydrogens (tertiary/aromatic N) is 7. The van der Waals surface area contributed by atoms with Gasteiger partial charge in [0.25, 0.3) is 0 Å². The van der Waals surface area contributed by atoms with Gasteiger partial charge in [-0.1, -0.05) is 54.5 Å². The van der Waals surface area contributed by atoms with Crippen molar-refractivity contribution in [3.63, 3.8) is 0 Å². The van der Waals surface area contributed by atoms with Gasteiger partial charge in [-0.25, -0.2) is 4.79 Å². The van der Waals surface area contributed by atoms with Crippen LogP contribution in [0.25, 0.3) is 5.69 Å². The van der Waals surface area contributed by atoms with E-state index in [1.165, 1.54) is 9.36 Å². The molecule has 0 unspecified atom stereocenters. The lowest BCUT2D eigenvalue weighted by Crippen LogP contribution is -2.23. The van der Waals surface area contributed by atoms with Gasteiger partial charge in [-0.05, 0) is 48.4 Å². The minimum atomic E-state index is -0.333. The fourth-order valence-corrected chi connectivity index (χ4v) is 2.94. The molecular weight excluding hydrogens is 434 g/mol. The molecule has 10 nitrogen and oxygen atoms in total. The van der Waals surface area contributed by atoms with E-state index in [1.54, 1.807) is 14.0 Å². The average Bonchev–Trinajstić information content (AvgIpc) is 3.18. The highest BCUT2D eigenvalue weighted by Crippen LogP contribution is 2.18. The monoisotopic (exact) mass is 463 g/mol. The maximum absolute atomic E-state index is 12.3. The van der Waals surface area contributed by atoms with Crippen LogP contribution in [0.2, 0.25) is 0 Å². The van der Waals surface area contributed by atoms with Crippen LogP contribution in [0.3, 0.4) is 0 Å². The first-order chi connectivity index (χ1) is 16.4. The summed E-state index contributed by atoms with van der Waals surface area (Å²) >= 11 is 0. The highest BCUT2D eigenvalue weighted by molar-refractivity contribution is 6.40. The molecule has 0 N–H and O–H groups in total. The number of benzene rings is 2. The summed E-state index contributed by atoms with van der Waals surface area (Å²) in [6.07, 6.45) is 0.545. The van der Waals surface area contributed by atoms with E-state index < -0.39 is 0 Å². The zero-order valence-electron chi connectivity index (χ0n) is 20.1. The number of ether oxygens (including phenoxy) is 1. The fourth-order valence-electron chi connectivity index (χ4n) is 2.94. The zero-order valence-corrected chi connectivity index (χ0v) is 20.1. The lowest BCUT2D eigenvalue weighted by molar-refractivity contribution is 0.131. The maximum atomic E-state index is 12.3. The first kappa shape index (κ1) is 24.6. The molecule has 178 valence electrons. The quantitative estimate of drug-likeness (QED) is 0.274. The summed E-state index contributed by atoms with van der Waals surface area (Å²) in [7, 11) is 1.55. The highest BCUT2D eigenvalue weighted by atomic mass is 16.6. The van der Waals surface area contributed by atoms with Crippen LogP contribution in [0.15, 0.2) is 68.7 Å². The third-order valence-corrected chi connectivity index (χ3v) is 5.13. The molecule has 0 radical (unpaired) electrons. The fraction of sp³-hybridized carbons (Fsp3) is 0.333. The van der Waals surface area contributed by atoms with E-state index >= 15 is 0 Å². The standard InChI is InChI=1S/C24H29N7O3/c1-6-23(26-25-18(3)19(4)27-34-15-20-12-8-7-9-13-20)33-16-21-17(2)11-10-14-22(21)31-24(32)30(5)28-29-31/h7-14H,6,15-16H2,1-5H3/b25-18?,26-23?,27-19-. The molecule has 0 amide bonds. The molecule has 0 saturated carbocycles. The van der Waals surface area contributed by atoms with Crippen LogP contribution in [-0.4, -0.2) is 37.1 Å². The topological polar surface area (TPSA) is 108 Å². The minimum absolute atomic E-state index is 0.208. The summed E-state index contributed by atoms with van der Waals surface area (Å²) in [5.74, 6) is 0.457. The summed E-state index contributed by atoms with van der Waals surface area (Å²) in [6.45, 7) is 8.08. The summed E-state index contributed by atoms with van der Waals surface area (Å²) < 4.78 is 8.37. The van der Waals surface area contributed by atoms with Crippen molar-refractivity contribution in [3.8, 4) is 5.69 Å².